The molecular weight excluding hydrogens is 292 g/mol. The van der Waals surface area contributed by atoms with Crippen molar-refractivity contribution in [1.82, 2.24) is 10.2 Å². The zero-order valence-corrected chi connectivity index (χ0v) is 13.1. The lowest BCUT2D eigenvalue weighted by molar-refractivity contribution is 0.0969. The molecule has 0 bridgehead atoms. The van der Waals surface area contributed by atoms with Crippen LogP contribution in [0.5, 0.6) is 0 Å². The zero-order chi connectivity index (χ0) is 14.5. The van der Waals surface area contributed by atoms with E-state index in [1.807, 2.05) is 0 Å². The van der Waals surface area contributed by atoms with Crippen LogP contribution in [0.1, 0.15) is 43.0 Å². The number of amides is 1. The summed E-state index contributed by atoms with van der Waals surface area (Å²) in [7, 11) is 0. The summed E-state index contributed by atoms with van der Waals surface area (Å²) < 4.78 is 0. The number of benzene rings is 1. The molecule has 0 radical (unpaired) electrons. The fraction of sp³-hybridized carbons (Fsp3) is 0.467. The maximum atomic E-state index is 12.2. The number of thiocarbonyl (C=S) groups is 1. The highest BCUT2D eigenvalue weighted by Crippen LogP contribution is 2.20. The summed E-state index contributed by atoms with van der Waals surface area (Å²) in [6, 6.07) is 7.43. The maximum Gasteiger partial charge on any atom is 0.258 e. The first-order chi connectivity index (χ1) is 9.63. The minimum absolute atomic E-state index is 0.235. The molecule has 0 aliphatic carbocycles. The van der Waals surface area contributed by atoms with Gasteiger partial charge in [-0.3, -0.25) is 10.1 Å². The average Bonchev–Trinajstić information content (AvgIpc) is 2.47. The number of piperidine rings is 1. The van der Waals surface area contributed by atoms with Crippen molar-refractivity contribution in [3.8, 4) is 0 Å². The van der Waals surface area contributed by atoms with Gasteiger partial charge in [0.1, 0.15) is 0 Å². The number of carbonyl (C=O) groups is 1. The topological polar surface area (TPSA) is 32.3 Å². The Hall–Kier alpha value is -1.13. The highest BCUT2D eigenvalue weighted by molar-refractivity contribution is 7.80. The molecule has 1 aliphatic rings. The summed E-state index contributed by atoms with van der Waals surface area (Å²) in [5.41, 5.74) is 0.460. The molecule has 0 saturated carbocycles. The van der Waals surface area contributed by atoms with E-state index in [0.29, 0.717) is 21.7 Å². The van der Waals surface area contributed by atoms with E-state index in [1.54, 1.807) is 24.3 Å². The highest BCUT2D eigenvalue weighted by Gasteiger charge is 2.24. The van der Waals surface area contributed by atoms with Crippen molar-refractivity contribution in [1.29, 1.82) is 0 Å². The second-order valence-corrected chi connectivity index (χ2v) is 5.78. The number of hydrogen-bond donors (Lipinski definition) is 1. The van der Waals surface area contributed by atoms with Gasteiger partial charge in [0.15, 0.2) is 5.11 Å². The molecule has 1 saturated heterocycles. The van der Waals surface area contributed by atoms with E-state index in [0.717, 1.165) is 25.8 Å². The normalized spacial score (nSPS) is 18.7. The van der Waals surface area contributed by atoms with E-state index in [2.05, 4.69) is 17.1 Å². The number of nitrogens with zero attached hydrogens (tertiary/aromatic N) is 1. The quantitative estimate of drug-likeness (QED) is 0.847. The standard InChI is InChI=1S/C15H19ClN2OS/c1-2-11-7-5-6-10-18(11)15(20)17-14(19)12-8-3-4-9-13(12)16/h3-4,8-9,11H,2,5-7,10H2,1H3,(H,17,19,20). The van der Waals surface area contributed by atoms with Gasteiger partial charge in [0.2, 0.25) is 0 Å². The molecule has 1 aromatic rings. The fourth-order valence-electron chi connectivity index (χ4n) is 2.57. The molecule has 2 rings (SSSR count). The maximum absolute atomic E-state index is 12.2. The Labute approximate surface area is 130 Å². The molecule has 5 heteroatoms. The molecule has 1 amide bonds. The summed E-state index contributed by atoms with van der Waals surface area (Å²) in [4.78, 5) is 14.3. The molecule has 1 unspecified atom stereocenters. The Morgan fingerprint density at radius 3 is 2.90 bits per heavy atom. The van der Waals surface area contributed by atoms with Crippen molar-refractivity contribution in [2.24, 2.45) is 0 Å². The van der Waals surface area contributed by atoms with E-state index in [-0.39, 0.29) is 5.91 Å². The van der Waals surface area contributed by atoms with E-state index >= 15 is 0 Å². The van der Waals surface area contributed by atoms with Gasteiger partial charge in [0.05, 0.1) is 10.6 Å². The van der Waals surface area contributed by atoms with Crippen LogP contribution in [0.15, 0.2) is 24.3 Å². The molecule has 1 heterocycles. The summed E-state index contributed by atoms with van der Waals surface area (Å²) in [6.45, 7) is 3.07. The SMILES string of the molecule is CCC1CCCCN1C(=S)NC(=O)c1ccccc1Cl. The van der Waals surface area contributed by atoms with E-state index in [9.17, 15) is 4.79 Å². The second-order valence-electron chi connectivity index (χ2n) is 4.99. The molecule has 1 fully saturated rings. The van der Waals surface area contributed by atoms with Crippen LogP contribution in [0.25, 0.3) is 0 Å². The van der Waals surface area contributed by atoms with E-state index in [4.69, 9.17) is 23.8 Å². The molecular formula is C15H19ClN2OS. The zero-order valence-electron chi connectivity index (χ0n) is 11.6. The van der Waals surface area contributed by atoms with Gasteiger partial charge >= 0.3 is 0 Å². The van der Waals surface area contributed by atoms with Crippen LogP contribution < -0.4 is 5.32 Å². The molecule has 1 aliphatic heterocycles. The van der Waals surface area contributed by atoms with Crippen molar-refractivity contribution in [2.45, 2.75) is 38.6 Å². The number of halogens is 1. The van der Waals surface area contributed by atoms with Gasteiger partial charge < -0.3 is 4.90 Å². The van der Waals surface area contributed by atoms with Gasteiger partial charge in [-0.15, -0.1) is 0 Å². The monoisotopic (exact) mass is 310 g/mol. The minimum atomic E-state index is -0.235. The first kappa shape index (κ1) is 15.3. The van der Waals surface area contributed by atoms with Gasteiger partial charge in [-0.25, -0.2) is 0 Å². The van der Waals surface area contributed by atoms with Crippen LogP contribution in [0.4, 0.5) is 0 Å². The number of rotatable bonds is 2. The van der Waals surface area contributed by atoms with Gasteiger partial charge in [-0.05, 0) is 50.0 Å². The molecule has 1 aromatic carbocycles. The lowest BCUT2D eigenvalue weighted by atomic mass is 10.0. The summed E-state index contributed by atoms with van der Waals surface area (Å²) in [5.74, 6) is -0.235. The second kappa shape index (κ2) is 7.04. The summed E-state index contributed by atoms with van der Waals surface area (Å²) in [5, 5.41) is 3.76. The van der Waals surface area contributed by atoms with Crippen molar-refractivity contribution in [2.75, 3.05) is 6.54 Å². The van der Waals surface area contributed by atoms with Crippen LogP contribution in [0, 0.1) is 0 Å². The van der Waals surface area contributed by atoms with Crippen molar-refractivity contribution in [3.63, 3.8) is 0 Å². The first-order valence-electron chi connectivity index (χ1n) is 7.00. The third-order valence-electron chi connectivity index (χ3n) is 3.70. The average molecular weight is 311 g/mol. The van der Waals surface area contributed by atoms with Gasteiger partial charge in [-0.1, -0.05) is 30.7 Å². The minimum Gasteiger partial charge on any atom is -0.346 e. The van der Waals surface area contributed by atoms with Crippen LogP contribution in [-0.2, 0) is 0 Å². The predicted molar refractivity (Wildman–Crippen MR) is 86.2 cm³/mol. The van der Waals surface area contributed by atoms with Crippen molar-refractivity contribution < 1.29 is 4.79 Å². The number of hydrogen-bond acceptors (Lipinski definition) is 2. The lowest BCUT2D eigenvalue weighted by Gasteiger charge is -2.37. The molecule has 108 valence electrons. The van der Waals surface area contributed by atoms with Gasteiger partial charge in [0.25, 0.3) is 5.91 Å². The summed E-state index contributed by atoms with van der Waals surface area (Å²) in [6.07, 6.45) is 4.54. The third-order valence-corrected chi connectivity index (χ3v) is 4.36. The number of carbonyl (C=O) groups excluding carboxylic acids is 1. The van der Waals surface area contributed by atoms with Crippen LogP contribution in [-0.4, -0.2) is 28.5 Å². The Kier molecular flexibility index (Phi) is 5.38. The van der Waals surface area contributed by atoms with Crippen LogP contribution in [0.2, 0.25) is 5.02 Å². The predicted octanol–water partition coefficient (Wildman–Crippen LogP) is 3.62. The van der Waals surface area contributed by atoms with Gasteiger partial charge in [-0.2, -0.15) is 0 Å². The Balaban J connectivity index is 2.04. The molecule has 1 atom stereocenters. The molecule has 3 nitrogen and oxygen atoms in total. The molecule has 1 N–H and O–H groups in total. The van der Waals surface area contributed by atoms with Crippen LogP contribution >= 0.6 is 23.8 Å². The smallest absolute Gasteiger partial charge is 0.258 e. The van der Waals surface area contributed by atoms with Gasteiger partial charge in [0, 0.05) is 12.6 Å². The van der Waals surface area contributed by atoms with E-state index in [1.165, 1.54) is 6.42 Å². The van der Waals surface area contributed by atoms with Crippen LogP contribution in [0.3, 0.4) is 0 Å². The van der Waals surface area contributed by atoms with Crippen molar-refractivity contribution in [3.05, 3.63) is 34.9 Å². The Morgan fingerprint density at radius 2 is 2.20 bits per heavy atom. The third kappa shape index (κ3) is 3.49. The highest BCUT2D eigenvalue weighted by atomic mass is 35.5. The fourth-order valence-corrected chi connectivity index (χ4v) is 3.13. The van der Waals surface area contributed by atoms with E-state index < -0.39 is 0 Å². The molecule has 0 aromatic heterocycles. The van der Waals surface area contributed by atoms with Crippen molar-refractivity contribution >= 4 is 34.8 Å². The molecule has 0 spiro atoms. The lowest BCUT2D eigenvalue weighted by Crippen LogP contribution is -2.49. The summed E-state index contributed by atoms with van der Waals surface area (Å²) >= 11 is 11.4. The number of nitrogens with one attached hydrogen (secondary N) is 1. The number of likely N-dealkylation sites (tertiary alicyclic amines) is 1. The first-order valence-corrected chi connectivity index (χ1v) is 7.78. The molecule has 20 heavy (non-hydrogen) atoms. The largest absolute Gasteiger partial charge is 0.346 e. The Morgan fingerprint density at radius 1 is 1.45 bits per heavy atom. The Bertz CT molecular complexity index is 506.